The van der Waals surface area contributed by atoms with E-state index in [1.54, 1.807) is 12.1 Å². The van der Waals surface area contributed by atoms with Gasteiger partial charge in [-0.3, -0.25) is 14.5 Å². The molecular formula is C20H18BrNO6S. The van der Waals surface area contributed by atoms with Crippen LogP contribution in [0, 0.1) is 0 Å². The van der Waals surface area contributed by atoms with E-state index < -0.39 is 17.1 Å². The van der Waals surface area contributed by atoms with Crippen LogP contribution in [-0.2, 0) is 16.1 Å². The first-order chi connectivity index (χ1) is 13.8. The highest BCUT2D eigenvalue weighted by molar-refractivity contribution is 9.10. The van der Waals surface area contributed by atoms with E-state index in [-0.39, 0.29) is 18.4 Å². The quantitative estimate of drug-likeness (QED) is 0.432. The van der Waals surface area contributed by atoms with E-state index in [1.165, 1.54) is 19.2 Å². The SMILES string of the molecule is COC(=O)c1ccc(CN2C(=O)SC(=Cc3ccc(OC(C)C)c(Br)c3)C2=O)o1. The Morgan fingerprint density at radius 2 is 2.03 bits per heavy atom. The summed E-state index contributed by atoms with van der Waals surface area (Å²) in [6.45, 7) is 3.80. The van der Waals surface area contributed by atoms with Gasteiger partial charge in [-0.25, -0.2) is 4.79 Å². The minimum Gasteiger partial charge on any atom is -0.490 e. The van der Waals surface area contributed by atoms with E-state index >= 15 is 0 Å². The Morgan fingerprint density at radius 3 is 2.69 bits per heavy atom. The second kappa shape index (κ2) is 8.87. The Kier molecular flexibility index (Phi) is 6.49. The predicted molar refractivity (Wildman–Crippen MR) is 111 cm³/mol. The van der Waals surface area contributed by atoms with Gasteiger partial charge >= 0.3 is 5.97 Å². The average Bonchev–Trinajstić information content (AvgIpc) is 3.24. The van der Waals surface area contributed by atoms with Crippen LogP contribution in [0.25, 0.3) is 6.08 Å². The first-order valence-electron chi connectivity index (χ1n) is 8.67. The largest absolute Gasteiger partial charge is 0.490 e. The summed E-state index contributed by atoms with van der Waals surface area (Å²) < 4.78 is 16.3. The van der Waals surface area contributed by atoms with Crippen molar-refractivity contribution in [3.8, 4) is 5.75 Å². The van der Waals surface area contributed by atoms with Gasteiger partial charge in [-0.05, 0) is 77.4 Å². The fourth-order valence-electron chi connectivity index (χ4n) is 2.57. The molecule has 1 aliphatic rings. The Bertz CT molecular complexity index is 997. The third-order valence-corrected chi connectivity index (χ3v) is 5.38. The van der Waals surface area contributed by atoms with Gasteiger partial charge in [0, 0.05) is 0 Å². The Balaban J connectivity index is 1.75. The van der Waals surface area contributed by atoms with E-state index in [1.807, 2.05) is 26.0 Å². The van der Waals surface area contributed by atoms with Crippen LogP contribution in [-0.4, -0.2) is 35.2 Å². The molecule has 2 heterocycles. The van der Waals surface area contributed by atoms with Crippen LogP contribution in [0.3, 0.4) is 0 Å². The topological polar surface area (TPSA) is 86.0 Å². The number of benzene rings is 1. The van der Waals surface area contributed by atoms with Gasteiger partial charge in [0.2, 0.25) is 5.76 Å². The molecule has 0 bridgehead atoms. The van der Waals surface area contributed by atoms with Crippen molar-refractivity contribution in [3.05, 3.63) is 56.8 Å². The summed E-state index contributed by atoms with van der Waals surface area (Å²) in [7, 11) is 1.24. The Hall–Kier alpha value is -2.52. The second-order valence-electron chi connectivity index (χ2n) is 6.38. The highest BCUT2D eigenvalue weighted by atomic mass is 79.9. The van der Waals surface area contributed by atoms with Gasteiger partial charge in [0.05, 0.1) is 29.1 Å². The minimum absolute atomic E-state index is 0.0126. The first kappa shape index (κ1) is 21.2. The third-order valence-electron chi connectivity index (χ3n) is 3.85. The first-order valence-corrected chi connectivity index (χ1v) is 10.3. The smallest absolute Gasteiger partial charge is 0.373 e. The number of amides is 2. The molecule has 29 heavy (non-hydrogen) atoms. The van der Waals surface area contributed by atoms with Crippen LogP contribution in [0.2, 0.25) is 0 Å². The van der Waals surface area contributed by atoms with Crippen molar-refractivity contribution in [2.75, 3.05) is 7.11 Å². The van der Waals surface area contributed by atoms with Gasteiger partial charge in [0.1, 0.15) is 11.5 Å². The molecule has 0 saturated carbocycles. The molecule has 0 unspecified atom stereocenters. The highest BCUT2D eigenvalue weighted by Gasteiger charge is 2.35. The van der Waals surface area contributed by atoms with Crippen molar-refractivity contribution in [2.45, 2.75) is 26.5 Å². The number of hydrogen-bond acceptors (Lipinski definition) is 7. The molecule has 7 nitrogen and oxygen atoms in total. The number of halogens is 1. The molecule has 1 aliphatic heterocycles. The fraction of sp³-hybridized carbons (Fsp3) is 0.250. The molecule has 3 rings (SSSR count). The monoisotopic (exact) mass is 479 g/mol. The third kappa shape index (κ3) is 4.91. The summed E-state index contributed by atoms with van der Waals surface area (Å²) in [4.78, 5) is 37.8. The van der Waals surface area contributed by atoms with Gasteiger partial charge < -0.3 is 13.9 Å². The molecule has 0 radical (unpaired) electrons. The van der Waals surface area contributed by atoms with Crippen LogP contribution in [0.4, 0.5) is 4.79 Å². The van der Waals surface area contributed by atoms with Crippen molar-refractivity contribution >= 4 is 50.9 Å². The number of furan rings is 1. The van der Waals surface area contributed by atoms with E-state index in [9.17, 15) is 14.4 Å². The number of hydrogen-bond donors (Lipinski definition) is 0. The summed E-state index contributed by atoms with van der Waals surface area (Å²) in [6, 6.07) is 8.40. The molecule has 0 aliphatic carbocycles. The van der Waals surface area contributed by atoms with E-state index in [0.29, 0.717) is 16.4 Å². The summed E-state index contributed by atoms with van der Waals surface area (Å²) >= 11 is 4.31. The molecular weight excluding hydrogens is 462 g/mol. The summed E-state index contributed by atoms with van der Waals surface area (Å²) in [5.74, 6) is -0.0228. The average molecular weight is 480 g/mol. The van der Waals surface area contributed by atoms with Crippen LogP contribution >= 0.6 is 27.7 Å². The van der Waals surface area contributed by atoms with Crippen LogP contribution in [0.5, 0.6) is 5.75 Å². The van der Waals surface area contributed by atoms with Crippen molar-refractivity contribution < 1.29 is 28.3 Å². The molecule has 9 heteroatoms. The number of ether oxygens (including phenoxy) is 2. The maximum absolute atomic E-state index is 12.7. The zero-order chi connectivity index (χ0) is 21.1. The standard InChI is InChI=1S/C20H18BrNO6S/c1-11(2)27-15-6-4-12(8-14(15)21)9-17-18(23)22(20(25)29-17)10-13-5-7-16(28-13)19(24)26-3/h4-9,11H,10H2,1-3H3. The molecule has 0 atom stereocenters. The number of nitrogens with zero attached hydrogens (tertiary/aromatic N) is 1. The molecule has 152 valence electrons. The van der Waals surface area contributed by atoms with E-state index in [2.05, 4.69) is 20.7 Å². The number of thioether (sulfide) groups is 1. The minimum atomic E-state index is -0.624. The van der Waals surface area contributed by atoms with Crippen molar-refractivity contribution in [3.63, 3.8) is 0 Å². The zero-order valence-electron chi connectivity index (χ0n) is 15.9. The zero-order valence-corrected chi connectivity index (χ0v) is 18.3. The lowest BCUT2D eigenvalue weighted by Crippen LogP contribution is -2.27. The fourth-order valence-corrected chi connectivity index (χ4v) is 3.90. The number of esters is 1. The lowest BCUT2D eigenvalue weighted by molar-refractivity contribution is -0.123. The highest BCUT2D eigenvalue weighted by Crippen LogP contribution is 2.35. The number of imide groups is 1. The van der Waals surface area contributed by atoms with E-state index in [4.69, 9.17) is 9.15 Å². The molecule has 2 aromatic rings. The maximum atomic E-state index is 12.7. The summed E-state index contributed by atoms with van der Waals surface area (Å²) in [5, 5.41) is -0.406. The van der Waals surface area contributed by atoms with Gasteiger partial charge in [-0.15, -0.1) is 0 Å². The lowest BCUT2D eigenvalue weighted by atomic mass is 10.2. The molecule has 0 spiro atoms. The van der Waals surface area contributed by atoms with Gasteiger partial charge in [0.25, 0.3) is 11.1 Å². The van der Waals surface area contributed by atoms with Crippen LogP contribution < -0.4 is 4.74 Å². The van der Waals surface area contributed by atoms with Crippen LogP contribution in [0.15, 0.2) is 44.1 Å². The molecule has 1 aromatic heterocycles. The normalized spacial score (nSPS) is 15.5. The van der Waals surface area contributed by atoms with Crippen molar-refractivity contribution in [1.29, 1.82) is 0 Å². The Morgan fingerprint density at radius 1 is 1.28 bits per heavy atom. The maximum Gasteiger partial charge on any atom is 0.373 e. The number of carbonyl (C=O) groups excluding carboxylic acids is 3. The predicted octanol–water partition coefficient (Wildman–Crippen LogP) is 4.85. The van der Waals surface area contributed by atoms with E-state index in [0.717, 1.165) is 26.7 Å². The Labute approximate surface area is 180 Å². The molecule has 0 N–H and O–H groups in total. The number of carbonyl (C=O) groups is 3. The summed E-state index contributed by atoms with van der Waals surface area (Å²) in [6.07, 6.45) is 1.69. The molecule has 1 aromatic carbocycles. The molecule has 1 fully saturated rings. The second-order valence-corrected chi connectivity index (χ2v) is 8.23. The van der Waals surface area contributed by atoms with Crippen molar-refractivity contribution in [2.24, 2.45) is 0 Å². The molecule has 1 saturated heterocycles. The number of methoxy groups -OCH3 is 1. The van der Waals surface area contributed by atoms with Gasteiger partial charge in [-0.2, -0.15) is 0 Å². The molecule has 2 amide bonds. The number of rotatable bonds is 6. The summed E-state index contributed by atoms with van der Waals surface area (Å²) in [5.41, 5.74) is 0.754. The van der Waals surface area contributed by atoms with Gasteiger partial charge in [0.15, 0.2) is 0 Å². The van der Waals surface area contributed by atoms with Crippen molar-refractivity contribution in [1.82, 2.24) is 4.90 Å². The van der Waals surface area contributed by atoms with Crippen LogP contribution in [0.1, 0.15) is 35.7 Å². The van der Waals surface area contributed by atoms with Gasteiger partial charge in [-0.1, -0.05) is 6.07 Å². The lowest BCUT2D eigenvalue weighted by Gasteiger charge is -2.12.